The van der Waals surface area contributed by atoms with Gasteiger partial charge in [-0.3, -0.25) is 0 Å². The first-order valence-electron chi connectivity index (χ1n) is 5.31. The maximum absolute atomic E-state index is 2.15. The maximum atomic E-state index is 2.15. The predicted octanol–water partition coefficient (Wildman–Crippen LogP) is 3.71. The first-order valence-corrected chi connectivity index (χ1v) is 9.93. The van der Waals surface area contributed by atoms with Gasteiger partial charge in [-0.15, -0.1) is 0 Å². The first-order chi connectivity index (χ1) is 7.00. The summed E-state index contributed by atoms with van der Waals surface area (Å²) in [6, 6.07) is 0. The Kier molecular flexibility index (Phi) is 10.5. The highest BCUT2D eigenvalue weighted by Gasteiger charge is 1.96. The zero-order chi connectivity index (χ0) is 9.90. The third-order valence-electron chi connectivity index (χ3n) is 1.90. The summed E-state index contributed by atoms with van der Waals surface area (Å²) in [5.41, 5.74) is 0. The molecule has 0 atom stereocenters. The fourth-order valence-corrected chi connectivity index (χ4v) is 5.63. The summed E-state index contributed by atoms with van der Waals surface area (Å²) in [4.78, 5) is 0. The molecular weight excluding hydrogens is 248 g/mol. The second kappa shape index (κ2) is 10.9. The lowest BCUT2D eigenvalue weighted by Crippen LogP contribution is -1.95. The van der Waals surface area contributed by atoms with Crippen LogP contribution < -0.4 is 0 Å². The van der Waals surface area contributed by atoms with E-state index in [4.69, 9.17) is 0 Å². The van der Waals surface area contributed by atoms with Gasteiger partial charge in [0.25, 0.3) is 0 Å². The standard InChI is InChI=1S/C10H20S4/c1-3-11-4-2-6-13-8-10-14-9-7-12-5-1/h1-10H2. The molecule has 1 heterocycles. The van der Waals surface area contributed by atoms with Crippen LogP contribution >= 0.6 is 47.0 Å². The van der Waals surface area contributed by atoms with Gasteiger partial charge >= 0.3 is 0 Å². The van der Waals surface area contributed by atoms with E-state index in [9.17, 15) is 0 Å². The minimum atomic E-state index is 1.36. The van der Waals surface area contributed by atoms with Crippen molar-refractivity contribution in [2.45, 2.75) is 12.8 Å². The summed E-state index contributed by atoms with van der Waals surface area (Å²) < 4.78 is 0. The van der Waals surface area contributed by atoms with Gasteiger partial charge in [0.15, 0.2) is 0 Å². The van der Waals surface area contributed by atoms with E-state index in [1.165, 1.54) is 58.9 Å². The Labute approximate surface area is 106 Å². The highest BCUT2D eigenvalue weighted by atomic mass is 32.2. The van der Waals surface area contributed by atoms with E-state index in [-0.39, 0.29) is 0 Å². The average molecular weight is 269 g/mol. The maximum Gasteiger partial charge on any atom is 0.00238 e. The predicted molar refractivity (Wildman–Crippen MR) is 78.5 cm³/mol. The molecule has 1 saturated heterocycles. The molecule has 0 spiro atoms. The van der Waals surface area contributed by atoms with Crippen LogP contribution in [0.4, 0.5) is 0 Å². The van der Waals surface area contributed by atoms with Crippen LogP contribution in [-0.4, -0.2) is 46.0 Å². The fraction of sp³-hybridized carbons (Fsp3) is 1.00. The highest BCUT2D eigenvalue weighted by Crippen LogP contribution is 2.15. The van der Waals surface area contributed by atoms with Crippen molar-refractivity contribution in [3.63, 3.8) is 0 Å². The summed E-state index contributed by atoms with van der Waals surface area (Å²) >= 11 is 8.56. The fourth-order valence-electron chi connectivity index (χ4n) is 1.17. The van der Waals surface area contributed by atoms with Crippen molar-refractivity contribution in [3.8, 4) is 0 Å². The Morgan fingerprint density at radius 2 is 0.643 bits per heavy atom. The van der Waals surface area contributed by atoms with E-state index in [2.05, 4.69) is 47.0 Å². The highest BCUT2D eigenvalue weighted by molar-refractivity contribution is 8.04. The van der Waals surface area contributed by atoms with E-state index in [1.807, 2.05) is 0 Å². The van der Waals surface area contributed by atoms with Gasteiger partial charge in [0.1, 0.15) is 0 Å². The molecule has 0 aliphatic carbocycles. The van der Waals surface area contributed by atoms with Crippen molar-refractivity contribution >= 4 is 47.0 Å². The Morgan fingerprint density at radius 3 is 1.07 bits per heavy atom. The molecule has 84 valence electrons. The van der Waals surface area contributed by atoms with Crippen LogP contribution in [0.3, 0.4) is 0 Å². The quantitative estimate of drug-likeness (QED) is 0.656. The number of hydrogen-bond donors (Lipinski definition) is 0. The van der Waals surface area contributed by atoms with Crippen LogP contribution in [0.25, 0.3) is 0 Å². The molecule has 0 amide bonds. The minimum absolute atomic E-state index is 1.36. The summed E-state index contributed by atoms with van der Waals surface area (Å²) in [6.07, 6.45) is 2.82. The van der Waals surface area contributed by atoms with Gasteiger partial charge in [0.05, 0.1) is 0 Å². The van der Waals surface area contributed by atoms with Crippen molar-refractivity contribution in [2.75, 3.05) is 46.0 Å². The largest absolute Gasteiger partial charge is 0.162 e. The second-order valence-corrected chi connectivity index (χ2v) is 8.06. The van der Waals surface area contributed by atoms with Crippen LogP contribution in [0.15, 0.2) is 0 Å². The number of thioether (sulfide) groups is 4. The van der Waals surface area contributed by atoms with Gasteiger partial charge in [-0.1, -0.05) is 0 Å². The van der Waals surface area contributed by atoms with Crippen molar-refractivity contribution in [2.24, 2.45) is 0 Å². The molecule has 0 aromatic carbocycles. The zero-order valence-corrected chi connectivity index (χ0v) is 12.0. The van der Waals surface area contributed by atoms with Crippen molar-refractivity contribution < 1.29 is 0 Å². The SMILES string of the molecule is C1CSCCCSCCSCCSC1. The van der Waals surface area contributed by atoms with Crippen molar-refractivity contribution in [1.82, 2.24) is 0 Å². The molecule has 1 fully saturated rings. The van der Waals surface area contributed by atoms with E-state index in [0.29, 0.717) is 0 Å². The van der Waals surface area contributed by atoms with E-state index >= 15 is 0 Å². The average Bonchev–Trinajstić information content (AvgIpc) is 2.22. The van der Waals surface area contributed by atoms with Crippen LogP contribution in [-0.2, 0) is 0 Å². The number of rotatable bonds is 0. The Balaban J connectivity index is 2.00. The molecule has 0 unspecified atom stereocenters. The molecule has 14 heavy (non-hydrogen) atoms. The van der Waals surface area contributed by atoms with Crippen LogP contribution in [0.2, 0.25) is 0 Å². The van der Waals surface area contributed by atoms with Gasteiger partial charge in [-0.2, -0.15) is 47.0 Å². The van der Waals surface area contributed by atoms with Crippen LogP contribution in [0, 0.1) is 0 Å². The van der Waals surface area contributed by atoms with Gasteiger partial charge in [-0.25, -0.2) is 0 Å². The van der Waals surface area contributed by atoms with E-state index < -0.39 is 0 Å². The molecule has 0 aromatic rings. The first kappa shape index (κ1) is 13.5. The number of hydrogen-bond acceptors (Lipinski definition) is 4. The Hall–Kier alpha value is 1.40. The Bertz CT molecular complexity index is 65.4. The van der Waals surface area contributed by atoms with Crippen LogP contribution in [0.1, 0.15) is 12.8 Å². The van der Waals surface area contributed by atoms with Crippen LogP contribution in [0.5, 0.6) is 0 Å². The molecular formula is C10H20S4. The lowest BCUT2D eigenvalue weighted by atomic mass is 10.6. The third-order valence-corrected chi connectivity index (χ3v) is 6.70. The Morgan fingerprint density at radius 1 is 0.357 bits per heavy atom. The van der Waals surface area contributed by atoms with Gasteiger partial charge in [0.2, 0.25) is 0 Å². The van der Waals surface area contributed by atoms with E-state index in [0.717, 1.165) is 0 Å². The molecule has 0 saturated carbocycles. The molecule has 4 heteroatoms. The molecule has 0 N–H and O–H groups in total. The molecule has 0 nitrogen and oxygen atoms in total. The molecule has 0 radical (unpaired) electrons. The third kappa shape index (κ3) is 8.69. The van der Waals surface area contributed by atoms with E-state index in [1.54, 1.807) is 0 Å². The monoisotopic (exact) mass is 268 g/mol. The molecule has 0 aromatic heterocycles. The lowest BCUT2D eigenvalue weighted by Gasteiger charge is -2.05. The van der Waals surface area contributed by atoms with Crippen molar-refractivity contribution in [3.05, 3.63) is 0 Å². The molecule has 1 rings (SSSR count). The van der Waals surface area contributed by atoms with Gasteiger partial charge in [-0.05, 0) is 35.9 Å². The second-order valence-electron chi connectivity index (χ2n) is 3.16. The van der Waals surface area contributed by atoms with Gasteiger partial charge in [0, 0.05) is 23.0 Å². The zero-order valence-electron chi connectivity index (χ0n) is 8.70. The molecule has 0 bridgehead atoms. The normalized spacial score (nSPS) is 24.0. The lowest BCUT2D eigenvalue weighted by molar-refractivity contribution is 1.09. The topological polar surface area (TPSA) is 0 Å². The smallest absolute Gasteiger partial charge is 0.00238 e. The summed E-state index contributed by atoms with van der Waals surface area (Å²) in [5.74, 6) is 11.0. The minimum Gasteiger partial charge on any atom is -0.162 e. The van der Waals surface area contributed by atoms with Gasteiger partial charge < -0.3 is 0 Å². The van der Waals surface area contributed by atoms with Crippen molar-refractivity contribution in [1.29, 1.82) is 0 Å². The molecule has 1 aliphatic heterocycles. The summed E-state index contributed by atoms with van der Waals surface area (Å²) in [5, 5.41) is 0. The summed E-state index contributed by atoms with van der Waals surface area (Å²) in [6.45, 7) is 0. The summed E-state index contributed by atoms with van der Waals surface area (Å²) in [7, 11) is 0. The molecule has 1 aliphatic rings.